The molecule has 0 bridgehead atoms. The lowest BCUT2D eigenvalue weighted by Crippen LogP contribution is -2.48. The summed E-state index contributed by atoms with van der Waals surface area (Å²) >= 11 is 11.8. The molecule has 1 aromatic heterocycles. The van der Waals surface area contributed by atoms with Crippen molar-refractivity contribution in [3.05, 3.63) is 58.5 Å². The highest BCUT2D eigenvalue weighted by Crippen LogP contribution is 2.33. The molecule has 0 aliphatic carbocycles. The zero-order chi connectivity index (χ0) is 24.8. The van der Waals surface area contributed by atoms with Gasteiger partial charge in [-0.1, -0.05) is 36.8 Å². The molecule has 10 heteroatoms. The number of carbonyl (C=O) groups excluding carboxylic acids is 1. The summed E-state index contributed by atoms with van der Waals surface area (Å²) in [7, 11) is 1.53. The highest BCUT2D eigenvalue weighted by molar-refractivity contribution is 7.81. The molecule has 2 aromatic rings. The van der Waals surface area contributed by atoms with Crippen LogP contribution in [0.2, 0.25) is 5.02 Å². The molecule has 0 radical (unpaired) electrons. The Bertz CT molecular complexity index is 1130. The van der Waals surface area contributed by atoms with Crippen molar-refractivity contribution in [2.75, 3.05) is 32.2 Å². The topological polar surface area (TPSA) is 93.7 Å². The first kappa shape index (κ1) is 25.2. The third-order valence-corrected chi connectivity index (χ3v) is 6.90. The summed E-state index contributed by atoms with van der Waals surface area (Å²) in [4.78, 5) is 17.3. The predicted molar refractivity (Wildman–Crippen MR) is 139 cm³/mol. The van der Waals surface area contributed by atoms with E-state index in [1.54, 1.807) is 30.6 Å². The Morgan fingerprint density at radius 2 is 2.20 bits per heavy atom. The number of benzene rings is 1. The second-order valence-electron chi connectivity index (χ2n) is 8.39. The summed E-state index contributed by atoms with van der Waals surface area (Å²) < 4.78 is 17.2. The van der Waals surface area contributed by atoms with Gasteiger partial charge in [0.2, 0.25) is 0 Å². The molecule has 2 aliphatic rings. The van der Waals surface area contributed by atoms with Gasteiger partial charge in [0.15, 0.2) is 5.75 Å². The molecule has 1 atom stereocenters. The van der Waals surface area contributed by atoms with Gasteiger partial charge in [0, 0.05) is 43.4 Å². The number of nitrogens with one attached hydrogen (secondary N) is 3. The van der Waals surface area contributed by atoms with Gasteiger partial charge in [-0.2, -0.15) is 0 Å². The molecule has 2 aliphatic heterocycles. The summed E-state index contributed by atoms with van der Waals surface area (Å²) in [5.74, 6) is 0.910. The minimum Gasteiger partial charge on any atom is -0.493 e. The number of hydrogen-bond donors (Lipinski definition) is 3. The number of amides is 1. The van der Waals surface area contributed by atoms with E-state index < -0.39 is 0 Å². The van der Waals surface area contributed by atoms with Gasteiger partial charge in [-0.05, 0) is 24.6 Å². The Balaban J connectivity index is 1.50. The van der Waals surface area contributed by atoms with Crippen molar-refractivity contribution in [1.29, 1.82) is 0 Å². The average molecular weight is 517 g/mol. The zero-order valence-corrected chi connectivity index (χ0v) is 21.4. The molecule has 0 spiro atoms. The SMILES string of the molecule is CCC1(COc2cnccc2CNC2=C(C(=S)Nc3cccc(Cl)c3OC)C(=O)NCC2)CCO1. The zero-order valence-electron chi connectivity index (χ0n) is 19.8. The van der Waals surface area contributed by atoms with Crippen LogP contribution in [0.15, 0.2) is 47.9 Å². The standard InChI is InChI=1S/C25H29ClN4O4S/c1-3-25(9-12-34-25)15-33-20-14-27-10-7-16(20)13-29-18-8-11-28-23(31)21(18)24(35)30-19-6-4-5-17(26)22(19)32-2/h4-7,10,14,29H,3,8-9,11-13,15H2,1-2H3,(H,28,31)(H,30,35). The number of thiocarbonyl (C=S) groups is 1. The fourth-order valence-electron chi connectivity index (χ4n) is 4.05. The van der Waals surface area contributed by atoms with Gasteiger partial charge in [0.05, 0.1) is 36.2 Å². The van der Waals surface area contributed by atoms with E-state index in [0.29, 0.717) is 53.9 Å². The van der Waals surface area contributed by atoms with Crippen molar-refractivity contribution in [1.82, 2.24) is 15.6 Å². The average Bonchev–Trinajstić information content (AvgIpc) is 2.83. The summed E-state index contributed by atoms with van der Waals surface area (Å²) in [6, 6.07) is 7.20. The normalized spacial score (nSPS) is 19.5. The number of ether oxygens (including phenoxy) is 3. The Labute approximate surface area is 215 Å². The molecule has 3 N–H and O–H groups in total. The quantitative estimate of drug-likeness (QED) is 0.408. The van der Waals surface area contributed by atoms with Gasteiger partial charge >= 0.3 is 0 Å². The molecule has 1 amide bonds. The van der Waals surface area contributed by atoms with Crippen LogP contribution in [0.5, 0.6) is 11.5 Å². The molecule has 0 saturated carbocycles. The van der Waals surface area contributed by atoms with Gasteiger partial charge in [-0.3, -0.25) is 9.78 Å². The van der Waals surface area contributed by atoms with Crippen LogP contribution in [0.25, 0.3) is 0 Å². The van der Waals surface area contributed by atoms with Crippen molar-refractivity contribution in [2.45, 2.75) is 38.3 Å². The number of methoxy groups -OCH3 is 1. The first-order valence-corrected chi connectivity index (χ1v) is 12.3. The lowest BCUT2D eigenvalue weighted by molar-refractivity contribution is -0.166. The molecular weight excluding hydrogens is 488 g/mol. The maximum absolute atomic E-state index is 12.8. The molecule has 1 fully saturated rings. The van der Waals surface area contributed by atoms with Crippen molar-refractivity contribution >= 4 is 40.4 Å². The third-order valence-electron chi connectivity index (χ3n) is 6.30. The number of rotatable bonds is 10. The van der Waals surface area contributed by atoms with Crippen LogP contribution in [0, 0.1) is 0 Å². The van der Waals surface area contributed by atoms with Crippen LogP contribution in [-0.4, -0.2) is 48.3 Å². The molecule has 3 heterocycles. The number of halogens is 1. The first-order valence-electron chi connectivity index (χ1n) is 11.5. The summed E-state index contributed by atoms with van der Waals surface area (Å²) in [6.45, 7) is 4.32. The highest BCUT2D eigenvalue weighted by atomic mass is 35.5. The second kappa shape index (κ2) is 11.2. The van der Waals surface area contributed by atoms with Crippen LogP contribution in [0.3, 0.4) is 0 Å². The van der Waals surface area contributed by atoms with Crippen molar-refractivity contribution < 1.29 is 19.0 Å². The first-order chi connectivity index (χ1) is 17.0. The number of anilines is 1. The third kappa shape index (κ3) is 5.69. The lowest BCUT2D eigenvalue weighted by Gasteiger charge is -2.40. The van der Waals surface area contributed by atoms with E-state index in [-0.39, 0.29) is 16.5 Å². The van der Waals surface area contributed by atoms with Crippen molar-refractivity contribution in [2.24, 2.45) is 0 Å². The molecule has 1 saturated heterocycles. The number of aromatic nitrogens is 1. The maximum atomic E-state index is 12.8. The van der Waals surface area contributed by atoms with Crippen LogP contribution in [-0.2, 0) is 16.1 Å². The van der Waals surface area contributed by atoms with Crippen LogP contribution in [0.4, 0.5) is 5.69 Å². The lowest BCUT2D eigenvalue weighted by atomic mass is 9.93. The second-order valence-corrected chi connectivity index (χ2v) is 9.21. The minimum atomic E-state index is -0.240. The molecule has 8 nitrogen and oxygen atoms in total. The number of nitrogens with zero attached hydrogens (tertiary/aromatic N) is 1. The largest absolute Gasteiger partial charge is 0.493 e. The van der Waals surface area contributed by atoms with Crippen molar-refractivity contribution in [3.8, 4) is 11.5 Å². The van der Waals surface area contributed by atoms with E-state index in [1.807, 2.05) is 6.07 Å². The molecule has 35 heavy (non-hydrogen) atoms. The van der Waals surface area contributed by atoms with Gasteiger partial charge in [0.25, 0.3) is 5.91 Å². The molecule has 4 rings (SSSR count). The summed E-state index contributed by atoms with van der Waals surface area (Å²) in [5, 5.41) is 9.82. The van der Waals surface area contributed by atoms with Crippen LogP contribution >= 0.6 is 23.8 Å². The fourth-order valence-corrected chi connectivity index (χ4v) is 4.63. The number of para-hydroxylation sites is 1. The molecular formula is C25H29ClN4O4S. The van der Waals surface area contributed by atoms with Crippen LogP contribution in [0.1, 0.15) is 31.7 Å². The highest BCUT2D eigenvalue weighted by Gasteiger charge is 2.37. The van der Waals surface area contributed by atoms with Gasteiger partial charge in [-0.15, -0.1) is 0 Å². The maximum Gasteiger partial charge on any atom is 0.256 e. The van der Waals surface area contributed by atoms with Crippen LogP contribution < -0.4 is 25.4 Å². The van der Waals surface area contributed by atoms with E-state index >= 15 is 0 Å². The predicted octanol–water partition coefficient (Wildman–Crippen LogP) is 3.99. The Hall–Kier alpha value is -2.88. The van der Waals surface area contributed by atoms with Gasteiger partial charge < -0.3 is 30.2 Å². The summed E-state index contributed by atoms with van der Waals surface area (Å²) in [6.07, 6.45) is 5.93. The van der Waals surface area contributed by atoms with E-state index in [9.17, 15) is 4.79 Å². The Kier molecular flexibility index (Phi) is 8.10. The van der Waals surface area contributed by atoms with E-state index in [4.69, 9.17) is 38.0 Å². The Morgan fingerprint density at radius 3 is 2.91 bits per heavy atom. The number of carbonyl (C=O) groups is 1. The van der Waals surface area contributed by atoms with E-state index in [2.05, 4.69) is 27.9 Å². The molecule has 186 valence electrons. The monoisotopic (exact) mass is 516 g/mol. The molecule has 1 aromatic carbocycles. The van der Waals surface area contributed by atoms with Crippen molar-refractivity contribution in [3.63, 3.8) is 0 Å². The smallest absolute Gasteiger partial charge is 0.256 e. The number of pyridine rings is 1. The van der Waals surface area contributed by atoms with Gasteiger partial charge in [-0.25, -0.2) is 0 Å². The summed E-state index contributed by atoms with van der Waals surface area (Å²) in [5.41, 5.74) is 2.44. The van der Waals surface area contributed by atoms with Gasteiger partial charge in [0.1, 0.15) is 22.9 Å². The minimum absolute atomic E-state index is 0.211. The molecule has 1 unspecified atom stereocenters. The fraction of sp³-hybridized carbons (Fsp3) is 0.400. The number of hydrogen-bond acceptors (Lipinski definition) is 7. The Morgan fingerprint density at radius 1 is 1.37 bits per heavy atom. The van der Waals surface area contributed by atoms with E-state index in [0.717, 1.165) is 30.7 Å². The van der Waals surface area contributed by atoms with E-state index in [1.165, 1.54) is 7.11 Å².